The highest BCUT2D eigenvalue weighted by molar-refractivity contribution is 14.1. The molecule has 0 spiro atoms. The van der Waals surface area contributed by atoms with E-state index in [1.807, 2.05) is 13.1 Å². The first kappa shape index (κ1) is 14.0. The summed E-state index contributed by atoms with van der Waals surface area (Å²) in [5, 5.41) is 6.72. The van der Waals surface area contributed by atoms with Crippen LogP contribution in [0.3, 0.4) is 0 Å². The van der Waals surface area contributed by atoms with Gasteiger partial charge in [-0.3, -0.25) is 4.79 Å². The number of amides is 1. The van der Waals surface area contributed by atoms with Gasteiger partial charge in [-0.15, -0.1) is 0 Å². The number of nitrogens with one attached hydrogen (secondary N) is 2. The fraction of sp³-hybridized carbons (Fsp3) is 0.769. The van der Waals surface area contributed by atoms with Crippen LogP contribution in [0.5, 0.6) is 0 Å². The first-order chi connectivity index (χ1) is 8.50. The Morgan fingerprint density at radius 1 is 1.50 bits per heavy atom. The molecule has 0 bridgehead atoms. The summed E-state index contributed by atoms with van der Waals surface area (Å²) in [5.74, 6) is 0.818. The van der Waals surface area contributed by atoms with Crippen LogP contribution in [0.25, 0.3) is 0 Å². The molecule has 0 saturated carbocycles. The van der Waals surface area contributed by atoms with Crippen LogP contribution in [0.1, 0.15) is 33.6 Å². The monoisotopic (exact) mass is 363 g/mol. The molecule has 0 radical (unpaired) electrons. The van der Waals surface area contributed by atoms with E-state index < -0.39 is 0 Å². The van der Waals surface area contributed by atoms with Crippen LogP contribution >= 0.6 is 22.6 Å². The third-order valence-corrected chi connectivity index (χ3v) is 4.66. The molecule has 0 aromatic heterocycles. The minimum atomic E-state index is 0.110. The summed E-state index contributed by atoms with van der Waals surface area (Å²) in [7, 11) is 0. The largest absolute Gasteiger partial charge is 0.368 e. The summed E-state index contributed by atoms with van der Waals surface area (Å²) in [4.78, 5) is 14.6. The Morgan fingerprint density at radius 2 is 2.22 bits per heavy atom. The first-order valence-electron chi connectivity index (χ1n) is 6.69. The van der Waals surface area contributed by atoms with Crippen molar-refractivity contribution in [2.45, 2.75) is 45.8 Å². The molecule has 1 fully saturated rings. The number of nitrogens with zero attached hydrogens (tertiary/aromatic N) is 1. The zero-order valence-corrected chi connectivity index (χ0v) is 13.4. The number of hydrogen-bond acceptors (Lipinski definition) is 3. The highest BCUT2D eigenvalue weighted by Gasteiger charge is 2.37. The second-order valence-electron chi connectivity index (χ2n) is 5.55. The predicted octanol–water partition coefficient (Wildman–Crippen LogP) is 2.02. The SMILES string of the molecule is CC(C)C(C)C(=O)N1CCC[C@H]1C1NC=C(I)N1. The summed E-state index contributed by atoms with van der Waals surface area (Å²) in [6.07, 6.45) is 4.36. The number of hydrogen-bond donors (Lipinski definition) is 2. The standard InChI is InChI=1S/C13H22IN3O/c1-8(2)9(3)13(18)17-6-4-5-10(17)12-15-7-11(14)16-12/h7-10,12,15-16H,4-6H2,1-3H3/t9?,10-,12?/m0/s1. The van der Waals surface area contributed by atoms with Crippen molar-refractivity contribution in [1.82, 2.24) is 15.5 Å². The molecule has 1 saturated heterocycles. The Hall–Kier alpha value is -0.460. The first-order valence-corrected chi connectivity index (χ1v) is 7.77. The lowest BCUT2D eigenvalue weighted by Gasteiger charge is -2.32. The minimum Gasteiger partial charge on any atom is -0.368 e. The second kappa shape index (κ2) is 5.67. The van der Waals surface area contributed by atoms with Crippen molar-refractivity contribution < 1.29 is 4.79 Å². The third kappa shape index (κ3) is 2.75. The second-order valence-corrected chi connectivity index (χ2v) is 6.72. The van der Waals surface area contributed by atoms with Crippen molar-refractivity contribution >= 4 is 28.5 Å². The van der Waals surface area contributed by atoms with Crippen LogP contribution < -0.4 is 10.6 Å². The molecule has 18 heavy (non-hydrogen) atoms. The molecule has 4 nitrogen and oxygen atoms in total. The number of carbonyl (C=O) groups excluding carboxylic acids is 1. The summed E-state index contributed by atoms with van der Waals surface area (Å²) in [5.41, 5.74) is 0. The topological polar surface area (TPSA) is 44.4 Å². The Morgan fingerprint density at radius 3 is 2.78 bits per heavy atom. The van der Waals surface area contributed by atoms with E-state index in [-0.39, 0.29) is 18.1 Å². The van der Waals surface area contributed by atoms with Gasteiger partial charge < -0.3 is 15.5 Å². The molecule has 0 aliphatic carbocycles. The van der Waals surface area contributed by atoms with Crippen molar-refractivity contribution in [2.75, 3.05) is 6.54 Å². The Balaban J connectivity index is 2.01. The van der Waals surface area contributed by atoms with E-state index in [1.54, 1.807) is 0 Å². The van der Waals surface area contributed by atoms with Gasteiger partial charge in [0.15, 0.2) is 0 Å². The van der Waals surface area contributed by atoms with Gasteiger partial charge in [0.1, 0.15) is 6.17 Å². The summed E-state index contributed by atoms with van der Waals surface area (Å²) in [6.45, 7) is 7.17. The van der Waals surface area contributed by atoms with Gasteiger partial charge in [-0.1, -0.05) is 20.8 Å². The average molecular weight is 363 g/mol. The van der Waals surface area contributed by atoms with Crippen LogP contribution in [-0.2, 0) is 4.79 Å². The van der Waals surface area contributed by atoms with Crippen LogP contribution in [0, 0.1) is 11.8 Å². The Bertz CT molecular complexity index is 356. The molecule has 2 aliphatic rings. The molecule has 0 aromatic rings. The lowest BCUT2D eigenvalue weighted by Crippen LogP contribution is -2.52. The number of likely N-dealkylation sites (tertiary alicyclic amines) is 1. The number of halogens is 1. The molecular formula is C13H22IN3O. The molecule has 3 atom stereocenters. The van der Waals surface area contributed by atoms with Gasteiger partial charge in [0, 0.05) is 18.7 Å². The zero-order valence-electron chi connectivity index (χ0n) is 11.2. The lowest BCUT2D eigenvalue weighted by molar-refractivity contribution is -0.137. The summed E-state index contributed by atoms with van der Waals surface area (Å²) < 4.78 is 1.12. The molecule has 102 valence electrons. The molecule has 2 heterocycles. The van der Waals surface area contributed by atoms with Crippen molar-refractivity contribution in [3.63, 3.8) is 0 Å². The smallest absolute Gasteiger partial charge is 0.226 e. The molecule has 2 rings (SSSR count). The van der Waals surface area contributed by atoms with E-state index in [4.69, 9.17) is 0 Å². The van der Waals surface area contributed by atoms with E-state index in [0.717, 1.165) is 23.1 Å². The van der Waals surface area contributed by atoms with Gasteiger partial charge in [-0.25, -0.2) is 0 Å². The molecule has 1 amide bonds. The minimum absolute atomic E-state index is 0.110. The fourth-order valence-corrected chi connectivity index (χ4v) is 3.08. The van der Waals surface area contributed by atoms with Crippen molar-refractivity contribution in [3.05, 3.63) is 9.90 Å². The molecule has 2 aliphatic heterocycles. The molecular weight excluding hydrogens is 341 g/mol. The van der Waals surface area contributed by atoms with Crippen LogP contribution in [0.2, 0.25) is 0 Å². The van der Waals surface area contributed by atoms with E-state index in [0.29, 0.717) is 11.8 Å². The normalized spacial score (nSPS) is 28.9. The Kier molecular flexibility index (Phi) is 4.40. The van der Waals surface area contributed by atoms with Crippen LogP contribution in [0.15, 0.2) is 9.90 Å². The van der Waals surface area contributed by atoms with Gasteiger partial charge in [-0.2, -0.15) is 0 Å². The summed E-state index contributed by atoms with van der Waals surface area (Å²) >= 11 is 2.27. The van der Waals surface area contributed by atoms with Crippen LogP contribution in [0.4, 0.5) is 0 Å². The van der Waals surface area contributed by atoms with Crippen molar-refractivity contribution in [2.24, 2.45) is 11.8 Å². The maximum Gasteiger partial charge on any atom is 0.226 e. The third-order valence-electron chi connectivity index (χ3n) is 4.04. The molecule has 0 aromatic carbocycles. The summed E-state index contributed by atoms with van der Waals surface area (Å²) in [6, 6.07) is 0.280. The maximum absolute atomic E-state index is 12.5. The maximum atomic E-state index is 12.5. The van der Waals surface area contributed by atoms with Gasteiger partial charge in [0.05, 0.1) is 9.75 Å². The van der Waals surface area contributed by atoms with Crippen molar-refractivity contribution in [1.29, 1.82) is 0 Å². The zero-order chi connectivity index (χ0) is 13.3. The number of rotatable bonds is 3. The molecule has 5 heteroatoms. The van der Waals surface area contributed by atoms with Gasteiger partial charge >= 0.3 is 0 Å². The predicted molar refractivity (Wildman–Crippen MR) is 80.9 cm³/mol. The number of carbonyl (C=O) groups is 1. The van der Waals surface area contributed by atoms with Crippen molar-refractivity contribution in [3.8, 4) is 0 Å². The van der Waals surface area contributed by atoms with E-state index >= 15 is 0 Å². The van der Waals surface area contributed by atoms with E-state index in [1.165, 1.54) is 0 Å². The van der Waals surface area contributed by atoms with Gasteiger partial charge in [0.25, 0.3) is 0 Å². The van der Waals surface area contributed by atoms with Crippen LogP contribution in [-0.4, -0.2) is 29.6 Å². The van der Waals surface area contributed by atoms with E-state index in [9.17, 15) is 4.79 Å². The highest BCUT2D eigenvalue weighted by Crippen LogP contribution is 2.26. The fourth-order valence-electron chi connectivity index (χ4n) is 2.56. The quantitative estimate of drug-likeness (QED) is 0.596. The van der Waals surface area contributed by atoms with Gasteiger partial charge in [0.2, 0.25) is 5.91 Å². The van der Waals surface area contributed by atoms with Gasteiger partial charge in [-0.05, 0) is 41.4 Å². The Labute approximate surface area is 123 Å². The average Bonchev–Trinajstić information content (AvgIpc) is 2.94. The lowest BCUT2D eigenvalue weighted by atomic mass is 9.96. The highest BCUT2D eigenvalue weighted by atomic mass is 127. The van der Waals surface area contributed by atoms with E-state index in [2.05, 4.69) is 52.0 Å². The molecule has 2 unspecified atom stereocenters. The molecule has 2 N–H and O–H groups in total.